The smallest absolute Gasteiger partial charge is 0.412 e. The van der Waals surface area contributed by atoms with Crippen LogP contribution in [0.3, 0.4) is 0 Å². The number of nitrogens with one attached hydrogen (secondary N) is 2. The maximum absolute atomic E-state index is 15.3. The third-order valence-corrected chi connectivity index (χ3v) is 7.10. The number of likely N-dealkylation sites (tertiary alicyclic amines) is 1. The SMILES string of the molecule is CCN1CC(C)(C)OC2=C(C1=O)C(c1ccc(NC(=O)OC(C)(C)C)c(F)c1)=NC(N1CC3CCC(C1)O3)N2. The maximum Gasteiger partial charge on any atom is 0.412 e. The van der Waals surface area contributed by atoms with E-state index in [-0.39, 0.29) is 29.4 Å². The molecule has 0 spiro atoms. The van der Waals surface area contributed by atoms with Crippen LogP contribution in [0.2, 0.25) is 0 Å². The van der Waals surface area contributed by atoms with Crippen LogP contribution in [0.5, 0.6) is 0 Å². The Morgan fingerprint density at radius 1 is 1.26 bits per heavy atom. The van der Waals surface area contributed by atoms with Crippen molar-refractivity contribution >= 4 is 23.4 Å². The molecule has 2 saturated heterocycles. The quantitative estimate of drug-likeness (QED) is 0.598. The number of carbonyl (C=O) groups is 2. The van der Waals surface area contributed by atoms with Gasteiger partial charge in [-0.2, -0.15) is 0 Å². The number of anilines is 1. The molecule has 0 radical (unpaired) electrons. The van der Waals surface area contributed by atoms with Crippen LogP contribution >= 0.6 is 0 Å². The van der Waals surface area contributed by atoms with Crippen LogP contribution in [0.1, 0.15) is 59.9 Å². The highest BCUT2D eigenvalue weighted by Gasteiger charge is 2.43. The lowest BCUT2D eigenvalue weighted by Crippen LogP contribution is -2.55. The number of hydrogen-bond acceptors (Lipinski definition) is 8. The second-order valence-corrected chi connectivity index (χ2v) is 12.1. The zero-order chi connectivity index (χ0) is 28.1. The van der Waals surface area contributed by atoms with Gasteiger partial charge in [0.25, 0.3) is 5.91 Å². The number of fused-ring (bicyclic) bond motifs is 2. The van der Waals surface area contributed by atoms with Crippen molar-refractivity contribution in [3.63, 3.8) is 0 Å². The molecule has 4 heterocycles. The van der Waals surface area contributed by atoms with E-state index in [9.17, 15) is 9.59 Å². The van der Waals surface area contributed by atoms with E-state index in [0.717, 1.165) is 12.8 Å². The van der Waals surface area contributed by atoms with Crippen molar-refractivity contribution in [1.82, 2.24) is 15.1 Å². The Bertz CT molecular complexity index is 1210. The summed E-state index contributed by atoms with van der Waals surface area (Å²) >= 11 is 0. The second kappa shape index (κ2) is 10.1. The molecule has 0 saturated carbocycles. The van der Waals surface area contributed by atoms with Gasteiger partial charge in [0.15, 0.2) is 6.29 Å². The van der Waals surface area contributed by atoms with E-state index in [4.69, 9.17) is 19.2 Å². The van der Waals surface area contributed by atoms with Crippen LogP contribution in [-0.4, -0.2) is 83.4 Å². The number of rotatable bonds is 4. The molecule has 2 bridgehead atoms. The molecule has 0 aliphatic carbocycles. The molecule has 0 aromatic heterocycles. The summed E-state index contributed by atoms with van der Waals surface area (Å²) in [5.41, 5.74) is -0.388. The molecule has 4 aliphatic heterocycles. The summed E-state index contributed by atoms with van der Waals surface area (Å²) in [6, 6.07) is 4.37. The summed E-state index contributed by atoms with van der Waals surface area (Å²) in [4.78, 5) is 34.9. The Hall–Kier alpha value is -3.18. The number of morpholine rings is 1. The summed E-state index contributed by atoms with van der Waals surface area (Å²) in [6.45, 7) is 13.2. The van der Waals surface area contributed by atoms with Gasteiger partial charge < -0.3 is 24.4 Å². The minimum absolute atomic E-state index is 0.0298. The van der Waals surface area contributed by atoms with Crippen molar-refractivity contribution in [3.05, 3.63) is 41.0 Å². The van der Waals surface area contributed by atoms with Crippen molar-refractivity contribution in [2.75, 3.05) is 31.5 Å². The van der Waals surface area contributed by atoms with Crippen molar-refractivity contribution in [1.29, 1.82) is 0 Å². The zero-order valence-electron chi connectivity index (χ0n) is 23.5. The molecular weight excluding hydrogens is 505 g/mol. The number of carbonyl (C=O) groups excluding carboxylic acids is 2. The van der Waals surface area contributed by atoms with Gasteiger partial charge in [-0.15, -0.1) is 0 Å². The van der Waals surface area contributed by atoms with Crippen LogP contribution in [0, 0.1) is 5.82 Å². The van der Waals surface area contributed by atoms with Gasteiger partial charge >= 0.3 is 6.09 Å². The van der Waals surface area contributed by atoms with Crippen molar-refractivity contribution in [2.45, 2.75) is 84.1 Å². The Balaban J connectivity index is 1.52. The Kier molecular flexibility index (Phi) is 7.09. The first-order valence-electron chi connectivity index (χ1n) is 13.6. The number of aliphatic imine (C=N–C) groups is 1. The number of ether oxygens (including phenoxy) is 3. The highest BCUT2D eigenvalue weighted by atomic mass is 19.1. The molecule has 1 aromatic rings. The number of benzene rings is 1. The van der Waals surface area contributed by atoms with E-state index in [1.165, 1.54) is 12.1 Å². The van der Waals surface area contributed by atoms with E-state index >= 15 is 4.39 Å². The van der Waals surface area contributed by atoms with Crippen molar-refractivity contribution in [3.8, 4) is 0 Å². The number of hydrogen-bond donors (Lipinski definition) is 2. The van der Waals surface area contributed by atoms with Gasteiger partial charge in [-0.05, 0) is 66.5 Å². The Morgan fingerprint density at radius 3 is 2.56 bits per heavy atom. The molecule has 2 amide bonds. The summed E-state index contributed by atoms with van der Waals surface area (Å²) < 4.78 is 33.0. The standard InChI is InChI=1S/C28H38FN5O5/c1-7-33-15-28(5,6)38-23-21(24(33)35)22(31-25(32-23)34-13-17-9-10-18(14-34)37-17)16-8-11-20(19(29)12-16)30-26(36)39-27(2,3)4/h8,11-12,17-18,25,32H,7,9-10,13-15H2,1-6H3,(H,30,36). The molecule has 4 aliphatic rings. The summed E-state index contributed by atoms with van der Waals surface area (Å²) in [6.07, 6.45) is 1.02. The lowest BCUT2D eigenvalue weighted by Gasteiger charge is -2.39. The first-order valence-corrected chi connectivity index (χ1v) is 13.6. The normalized spacial score (nSPS) is 26.7. The monoisotopic (exact) mass is 543 g/mol. The first-order chi connectivity index (χ1) is 18.3. The van der Waals surface area contributed by atoms with Crippen LogP contribution in [0.25, 0.3) is 0 Å². The number of halogens is 1. The van der Waals surface area contributed by atoms with E-state index in [1.807, 2.05) is 20.8 Å². The average Bonchev–Trinajstić information content (AvgIpc) is 3.13. The summed E-state index contributed by atoms with van der Waals surface area (Å²) in [5, 5.41) is 5.82. The van der Waals surface area contributed by atoms with E-state index in [2.05, 4.69) is 15.5 Å². The summed E-state index contributed by atoms with van der Waals surface area (Å²) in [5.74, 6) is -0.565. The Labute approximate surface area is 228 Å². The molecule has 39 heavy (non-hydrogen) atoms. The molecular formula is C28H38FN5O5. The highest BCUT2D eigenvalue weighted by Crippen LogP contribution is 2.33. The minimum atomic E-state index is -0.756. The van der Waals surface area contributed by atoms with E-state index in [1.54, 1.807) is 31.7 Å². The van der Waals surface area contributed by atoms with Crippen LogP contribution < -0.4 is 10.6 Å². The molecule has 212 valence electrons. The fraction of sp³-hybridized carbons (Fsp3) is 0.607. The molecule has 11 heteroatoms. The van der Waals surface area contributed by atoms with Gasteiger partial charge in [0.2, 0.25) is 5.88 Å². The molecule has 5 rings (SSSR count). The number of nitrogens with zero attached hydrogens (tertiary/aromatic N) is 3. The average molecular weight is 544 g/mol. The highest BCUT2D eigenvalue weighted by molar-refractivity contribution is 6.28. The second-order valence-electron chi connectivity index (χ2n) is 12.1. The van der Waals surface area contributed by atoms with Crippen LogP contribution in [0.4, 0.5) is 14.9 Å². The van der Waals surface area contributed by atoms with Crippen LogP contribution in [-0.2, 0) is 19.0 Å². The minimum Gasteiger partial charge on any atom is -0.471 e. The molecule has 2 N–H and O–H groups in total. The predicted octanol–water partition coefficient (Wildman–Crippen LogP) is 3.58. The largest absolute Gasteiger partial charge is 0.471 e. The maximum atomic E-state index is 15.3. The van der Waals surface area contributed by atoms with Gasteiger partial charge in [-0.1, -0.05) is 6.07 Å². The number of amides is 2. The predicted molar refractivity (Wildman–Crippen MR) is 144 cm³/mol. The third-order valence-electron chi connectivity index (χ3n) is 7.10. The first kappa shape index (κ1) is 27.4. The molecule has 10 nitrogen and oxygen atoms in total. The summed E-state index contributed by atoms with van der Waals surface area (Å²) in [7, 11) is 0. The van der Waals surface area contributed by atoms with Gasteiger partial charge in [-0.3, -0.25) is 15.0 Å². The molecule has 3 atom stereocenters. The van der Waals surface area contributed by atoms with Crippen molar-refractivity contribution < 1.29 is 28.2 Å². The van der Waals surface area contributed by atoms with Gasteiger partial charge in [0.1, 0.15) is 22.6 Å². The van der Waals surface area contributed by atoms with E-state index < -0.39 is 29.4 Å². The van der Waals surface area contributed by atoms with Gasteiger partial charge in [-0.25, -0.2) is 14.2 Å². The topological polar surface area (TPSA) is 105 Å². The third kappa shape index (κ3) is 5.89. The molecule has 2 fully saturated rings. The Morgan fingerprint density at radius 2 is 1.95 bits per heavy atom. The lowest BCUT2D eigenvalue weighted by atomic mass is 9.99. The van der Waals surface area contributed by atoms with Gasteiger partial charge in [0, 0.05) is 25.2 Å². The van der Waals surface area contributed by atoms with Gasteiger partial charge in [0.05, 0.1) is 30.2 Å². The van der Waals surface area contributed by atoms with E-state index in [0.29, 0.717) is 43.3 Å². The fourth-order valence-corrected chi connectivity index (χ4v) is 5.46. The molecule has 3 unspecified atom stereocenters. The zero-order valence-corrected chi connectivity index (χ0v) is 23.5. The molecule has 1 aromatic carbocycles. The lowest BCUT2D eigenvalue weighted by molar-refractivity contribution is -0.127. The van der Waals surface area contributed by atoms with Crippen molar-refractivity contribution in [2.24, 2.45) is 4.99 Å². The fourth-order valence-electron chi connectivity index (χ4n) is 5.46. The number of likely N-dealkylation sites (N-methyl/N-ethyl adjacent to an activating group) is 1. The van der Waals surface area contributed by atoms with Crippen LogP contribution in [0.15, 0.2) is 34.6 Å².